The van der Waals surface area contributed by atoms with E-state index in [-0.39, 0.29) is 18.3 Å². The molecule has 0 aliphatic heterocycles. The van der Waals surface area contributed by atoms with Gasteiger partial charge in [0, 0.05) is 12.1 Å². The molecule has 0 saturated carbocycles. The smallest absolute Gasteiger partial charge is 0.224 e. The van der Waals surface area contributed by atoms with Gasteiger partial charge >= 0.3 is 0 Å². The van der Waals surface area contributed by atoms with Crippen LogP contribution in [-0.2, 0) is 17.8 Å². The van der Waals surface area contributed by atoms with Gasteiger partial charge in [0.25, 0.3) is 0 Å². The van der Waals surface area contributed by atoms with Gasteiger partial charge in [-0.1, -0.05) is 17.3 Å². The molecule has 0 aliphatic carbocycles. The van der Waals surface area contributed by atoms with Gasteiger partial charge in [-0.05, 0) is 45.4 Å². The maximum absolute atomic E-state index is 11.9. The van der Waals surface area contributed by atoms with Gasteiger partial charge < -0.3 is 20.3 Å². The predicted octanol–water partition coefficient (Wildman–Crippen LogP) is 2.69. The number of hydrogen-bond donors (Lipinski definition) is 2. The normalized spacial score (nSPS) is 10.9. The topological polar surface area (TPSA) is 90.4 Å². The van der Waals surface area contributed by atoms with Crippen LogP contribution in [0.3, 0.4) is 0 Å². The lowest BCUT2D eigenvalue weighted by Crippen LogP contribution is -2.45. The van der Waals surface area contributed by atoms with E-state index in [1.807, 2.05) is 52.0 Å². The van der Waals surface area contributed by atoms with Crippen molar-refractivity contribution in [2.45, 2.75) is 46.3 Å². The molecule has 0 aliphatic rings. The third-order valence-corrected chi connectivity index (χ3v) is 3.59. The first-order valence-corrected chi connectivity index (χ1v) is 7.94. The van der Waals surface area contributed by atoms with Crippen molar-refractivity contribution in [1.82, 2.24) is 10.5 Å². The molecule has 1 aromatic carbocycles. The molecule has 1 aromatic heterocycles. The van der Waals surface area contributed by atoms with E-state index in [0.29, 0.717) is 19.6 Å². The Hall–Kier alpha value is -2.05. The summed E-state index contributed by atoms with van der Waals surface area (Å²) in [6.07, 6.45) is 0.320. The maximum atomic E-state index is 11.9. The van der Waals surface area contributed by atoms with Crippen LogP contribution in [0.1, 0.15) is 36.4 Å². The molecule has 1 amide bonds. The Bertz CT molecular complexity index is 671. The molecule has 0 atom stereocenters. The third-order valence-electron chi connectivity index (χ3n) is 3.59. The average molecular weight is 368 g/mol. The molecule has 0 radical (unpaired) electrons. The van der Waals surface area contributed by atoms with Crippen LogP contribution in [0.5, 0.6) is 5.75 Å². The highest BCUT2D eigenvalue weighted by Gasteiger charge is 2.13. The summed E-state index contributed by atoms with van der Waals surface area (Å²) in [6.45, 7) is 8.36. The lowest BCUT2D eigenvalue weighted by atomic mass is 10.1. The predicted molar refractivity (Wildman–Crippen MR) is 99.0 cm³/mol. The van der Waals surface area contributed by atoms with Gasteiger partial charge in [-0.3, -0.25) is 4.79 Å². The lowest BCUT2D eigenvalue weighted by Gasteiger charge is -2.18. The number of ether oxygens (including phenoxy) is 1. The Labute approximate surface area is 154 Å². The van der Waals surface area contributed by atoms with Crippen molar-refractivity contribution < 1.29 is 14.1 Å². The first kappa shape index (κ1) is 21.0. The van der Waals surface area contributed by atoms with Crippen LogP contribution in [0.4, 0.5) is 0 Å². The number of amides is 1. The Morgan fingerprint density at radius 3 is 2.44 bits per heavy atom. The summed E-state index contributed by atoms with van der Waals surface area (Å²) in [5.41, 5.74) is 8.16. The molecule has 0 bridgehead atoms. The summed E-state index contributed by atoms with van der Waals surface area (Å²) < 4.78 is 10.9. The van der Waals surface area contributed by atoms with Crippen LogP contribution < -0.4 is 15.8 Å². The third kappa shape index (κ3) is 6.76. The van der Waals surface area contributed by atoms with Gasteiger partial charge in [-0.15, -0.1) is 12.4 Å². The van der Waals surface area contributed by atoms with Crippen molar-refractivity contribution in [2.75, 3.05) is 6.54 Å². The van der Waals surface area contributed by atoms with Crippen molar-refractivity contribution in [3.05, 3.63) is 46.8 Å². The summed E-state index contributed by atoms with van der Waals surface area (Å²) in [5, 5.41) is 6.73. The fourth-order valence-electron chi connectivity index (χ4n) is 2.14. The summed E-state index contributed by atoms with van der Waals surface area (Å²) >= 11 is 0. The van der Waals surface area contributed by atoms with E-state index in [1.165, 1.54) is 0 Å². The van der Waals surface area contributed by atoms with E-state index >= 15 is 0 Å². The molecule has 138 valence electrons. The number of hydrogen-bond acceptors (Lipinski definition) is 5. The Balaban J connectivity index is 0.00000312. The number of benzene rings is 1. The second-order valence-corrected chi connectivity index (χ2v) is 6.68. The molecule has 2 rings (SSSR count). The number of aromatic nitrogens is 1. The van der Waals surface area contributed by atoms with E-state index < -0.39 is 5.54 Å². The number of aryl methyl sites for hydroxylation is 2. The van der Waals surface area contributed by atoms with E-state index in [2.05, 4.69) is 10.5 Å². The molecule has 0 spiro atoms. The lowest BCUT2D eigenvalue weighted by molar-refractivity contribution is -0.120. The van der Waals surface area contributed by atoms with E-state index in [9.17, 15) is 4.79 Å². The number of nitrogens with zero attached hydrogens (tertiary/aromatic N) is 1. The zero-order valence-corrected chi connectivity index (χ0v) is 15.9. The second-order valence-electron chi connectivity index (χ2n) is 6.68. The molecular formula is C18H26ClN3O3. The minimum atomic E-state index is -0.411. The first-order valence-electron chi connectivity index (χ1n) is 7.94. The van der Waals surface area contributed by atoms with Crippen LogP contribution in [-0.4, -0.2) is 23.1 Å². The van der Waals surface area contributed by atoms with Crippen molar-refractivity contribution in [2.24, 2.45) is 5.73 Å². The van der Waals surface area contributed by atoms with E-state index in [1.54, 1.807) is 0 Å². The van der Waals surface area contributed by atoms with Gasteiger partial charge in [0.2, 0.25) is 5.91 Å². The minimum absolute atomic E-state index is 0. The van der Waals surface area contributed by atoms with Crippen molar-refractivity contribution in [3.8, 4) is 5.75 Å². The van der Waals surface area contributed by atoms with E-state index in [0.717, 1.165) is 28.3 Å². The summed E-state index contributed by atoms with van der Waals surface area (Å²) in [6, 6.07) is 7.48. The standard InChI is InChI=1S/C18H25N3O3.ClH/c1-12-16(13(2)24-21-12)10-23-15-7-5-14(6-8-15)9-17(22)20-11-18(3,4)19;/h5-8H,9-11,19H2,1-4H3,(H,20,22);1H. The summed E-state index contributed by atoms with van der Waals surface area (Å²) in [5.74, 6) is 1.46. The van der Waals surface area contributed by atoms with Gasteiger partial charge in [0.1, 0.15) is 18.1 Å². The highest BCUT2D eigenvalue weighted by Crippen LogP contribution is 2.18. The second kappa shape index (κ2) is 8.87. The SMILES string of the molecule is Cc1noc(C)c1COc1ccc(CC(=O)NCC(C)(C)N)cc1.Cl. The summed E-state index contributed by atoms with van der Waals surface area (Å²) in [4.78, 5) is 11.9. The minimum Gasteiger partial charge on any atom is -0.489 e. The monoisotopic (exact) mass is 367 g/mol. The van der Waals surface area contributed by atoms with Crippen LogP contribution >= 0.6 is 12.4 Å². The number of nitrogens with two attached hydrogens (primary N) is 1. The highest BCUT2D eigenvalue weighted by molar-refractivity contribution is 5.85. The maximum Gasteiger partial charge on any atom is 0.224 e. The molecule has 0 saturated heterocycles. The van der Waals surface area contributed by atoms with Crippen LogP contribution in [0, 0.1) is 13.8 Å². The number of nitrogens with one attached hydrogen (secondary N) is 1. The number of carbonyl (C=O) groups is 1. The van der Waals surface area contributed by atoms with Crippen LogP contribution in [0.15, 0.2) is 28.8 Å². The molecule has 1 heterocycles. The molecular weight excluding hydrogens is 342 g/mol. The average Bonchev–Trinajstić information content (AvgIpc) is 2.83. The van der Waals surface area contributed by atoms with Crippen molar-refractivity contribution >= 4 is 18.3 Å². The largest absolute Gasteiger partial charge is 0.489 e. The molecule has 2 aromatic rings. The molecule has 25 heavy (non-hydrogen) atoms. The van der Waals surface area contributed by atoms with Gasteiger partial charge in [-0.2, -0.15) is 0 Å². The number of halogens is 1. The van der Waals surface area contributed by atoms with E-state index in [4.69, 9.17) is 15.0 Å². The zero-order chi connectivity index (χ0) is 17.7. The highest BCUT2D eigenvalue weighted by atomic mass is 35.5. The molecule has 3 N–H and O–H groups in total. The van der Waals surface area contributed by atoms with Gasteiger partial charge in [-0.25, -0.2) is 0 Å². The molecule has 0 fully saturated rings. The first-order chi connectivity index (χ1) is 11.2. The Kier molecular flexibility index (Phi) is 7.45. The number of rotatable bonds is 7. The Morgan fingerprint density at radius 2 is 1.92 bits per heavy atom. The quantitative estimate of drug-likeness (QED) is 0.785. The summed E-state index contributed by atoms with van der Waals surface area (Å²) in [7, 11) is 0. The molecule has 6 nitrogen and oxygen atoms in total. The molecule has 7 heteroatoms. The van der Waals surface area contributed by atoms with Gasteiger partial charge in [0.15, 0.2) is 0 Å². The van der Waals surface area contributed by atoms with Crippen LogP contribution in [0.25, 0.3) is 0 Å². The fourth-order valence-corrected chi connectivity index (χ4v) is 2.14. The van der Waals surface area contributed by atoms with Gasteiger partial charge in [0.05, 0.1) is 17.7 Å². The Morgan fingerprint density at radius 1 is 1.28 bits per heavy atom. The fraction of sp³-hybridized carbons (Fsp3) is 0.444. The molecule has 0 unspecified atom stereocenters. The zero-order valence-electron chi connectivity index (χ0n) is 15.1. The number of carbonyl (C=O) groups excluding carboxylic acids is 1. The van der Waals surface area contributed by atoms with Crippen LogP contribution in [0.2, 0.25) is 0 Å². The van der Waals surface area contributed by atoms with Crippen molar-refractivity contribution in [3.63, 3.8) is 0 Å². The van der Waals surface area contributed by atoms with Crippen molar-refractivity contribution in [1.29, 1.82) is 0 Å².